The Labute approximate surface area is 143 Å². The van der Waals surface area contributed by atoms with Crippen molar-refractivity contribution in [3.05, 3.63) is 64.4 Å². The predicted molar refractivity (Wildman–Crippen MR) is 91.3 cm³/mol. The van der Waals surface area contributed by atoms with E-state index in [1.54, 1.807) is 30.0 Å². The minimum absolute atomic E-state index is 0.160. The second-order valence-corrected chi connectivity index (χ2v) is 6.90. The van der Waals surface area contributed by atoms with E-state index < -0.39 is 0 Å². The number of benzene rings is 2. The molecular formula is C17H16ClFN2OS. The van der Waals surface area contributed by atoms with Gasteiger partial charge in [-0.05, 0) is 47.9 Å². The first-order chi connectivity index (χ1) is 11.1. The number of fused-ring (bicyclic) bond motifs is 1. The molecule has 120 valence electrons. The van der Waals surface area contributed by atoms with Crippen molar-refractivity contribution in [3.63, 3.8) is 0 Å². The molecule has 2 N–H and O–H groups in total. The van der Waals surface area contributed by atoms with Crippen LogP contribution in [0.3, 0.4) is 0 Å². The summed E-state index contributed by atoms with van der Waals surface area (Å²) in [5.41, 5.74) is 1.82. The van der Waals surface area contributed by atoms with Gasteiger partial charge in [-0.3, -0.25) is 0 Å². The summed E-state index contributed by atoms with van der Waals surface area (Å²) in [6.45, 7) is 0.417. The summed E-state index contributed by atoms with van der Waals surface area (Å²) < 4.78 is 13.5. The predicted octanol–water partition coefficient (Wildman–Crippen LogP) is 4.52. The number of amides is 2. The van der Waals surface area contributed by atoms with Gasteiger partial charge in [-0.15, -0.1) is 11.8 Å². The number of urea groups is 1. The summed E-state index contributed by atoms with van der Waals surface area (Å²) in [4.78, 5) is 13.1. The lowest BCUT2D eigenvalue weighted by Gasteiger charge is -2.26. The maximum absolute atomic E-state index is 13.5. The fourth-order valence-corrected chi connectivity index (χ4v) is 3.74. The van der Waals surface area contributed by atoms with E-state index in [0.29, 0.717) is 11.6 Å². The molecule has 0 saturated heterocycles. The van der Waals surface area contributed by atoms with E-state index >= 15 is 0 Å². The van der Waals surface area contributed by atoms with Crippen LogP contribution in [0.4, 0.5) is 9.18 Å². The molecule has 0 aliphatic carbocycles. The molecule has 0 aromatic heterocycles. The number of carbonyl (C=O) groups is 1. The van der Waals surface area contributed by atoms with Crippen LogP contribution < -0.4 is 10.6 Å². The average molecular weight is 351 g/mol. The number of hydrogen-bond donors (Lipinski definition) is 2. The van der Waals surface area contributed by atoms with E-state index in [1.807, 2.05) is 12.1 Å². The molecule has 1 aliphatic rings. The van der Waals surface area contributed by atoms with Crippen LogP contribution in [0, 0.1) is 5.82 Å². The lowest BCUT2D eigenvalue weighted by Crippen LogP contribution is -2.38. The fraction of sp³-hybridized carbons (Fsp3) is 0.235. The number of carbonyl (C=O) groups excluding carboxylic acids is 1. The highest BCUT2D eigenvalue weighted by atomic mass is 35.5. The fourth-order valence-electron chi connectivity index (χ4n) is 2.51. The molecule has 6 heteroatoms. The van der Waals surface area contributed by atoms with Crippen molar-refractivity contribution >= 4 is 29.4 Å². The van der Waals surface area contributed by atoms with E-state index in [9.17, 15) is 9.18 Å². The Kier molecular flexibility index (Phi) is 5.08. The van der Waals surface area contributed by atoms with Crippen LogP contribution in [0.2, 0.25) is 5.02 Å². The highest BCUT2D eigenvalue weighted by Crippen LogP contribution is 2.36. The van der Waals surface area contributed by atoms with Gasteiger partial charge < -0.3 is 10.6 Å². The molecule has 2 amide bonds. The average Bonchev–Trinajstić information content (AvgIpc) is 2.55. The molecule has 0 spiro atoms. The summed E-state index contributed by atoms with van der Waals surface area (Å²) in [5.74, 6) is 0.625. The van der Waals surface area contributed by atoms with Gasteiger partial charge in [0.15, 0.2) is 0 Å². The van der Waals surface area contributed by atoms with E-state index in [0.717, 1.165) is 28.2 Å². The standard InChI is InChI=1S/C17H16ClFN2OS/c18-12-3-1-11(2-4-12)10-20-17(22)21-15-7-8-23-16-6-5-13(19)9-14(15)16/h1-6,9,15H,7-8,10H2,(H2,20,21,22). The molecule has 0 bridgehead atoms. The smallest absolute Gasteiger partial charge is 0.315 e. The zero-order valence-electron chi connectivity index (χ0n) is 12.3. The normalized spacial score (nSPS) is 16.5. The van der Waals surface area contributed by atoms with Gasteiger partial charge in [0.25, 0.3) is 0 Å². The van der Waals surface area contributed by atoms with Gasteiger partial charge >= 0.3 is 6.03 Å². The zero-order chi connectivity index (χ0) is 16.2. The molecule has 23 heavy (non-hydrogen) atoms. The molecule has 3 rings (SSSR count). The number of halogens is 2. The van der Waals surface area contributed by atoms with Crippen molar-refractivity contribution in [3.8, 4) is 0 Å². The first-order valence-electron chi connectivity index (χ1n) is 7.33. The first kappa shape index (κ1) is 16.1. The van der Waals surface area contributed by atoms with Gasteiger partial charge in [0.1, 0.15) is 5.82 Å². The summed E-state index contributed by atoms with van der Waals surface area (Å²) in [6, 6.07) is 11.6. The molecule has 2 aromatic rings. The molecule has 3 nitrogen and oxygen atoms in total. The Morgan fingerprint density at radius 3 is 2.83 bits per heavy atom. The largest absolute Gasteiger partial charge is 0.334 e. The number of nitrogens with one attached hydrogen (secondary N) is 2. The Balaban J connectivity index is 1.60. The van der Waals surface area contributed by atoms with E-state index in [2.05, 4.69) is 10.6 Å². The quantitative estimate of drug-likeness (QED) is 0.854. The molecule has 1 heterocycles. The Bertz CT molecular complexity index is 708. The summed E-state index contributed by atoms with van der Waals surface area (Å²) in [7, 11) is 0. The molecule has 2 aromatic carbocycles. The van der Waals surface area contributed by atoms with Crippen molar-refractivity contribution in [2.24, 2.45) is 0 Å². The topological polar surface area (TPSA) is 41.1 Å². The lowest BCUT2D eigenvalue weighted by molar-refractivity contribution is 0.236. The monoisotopic (exact) mass is 350 g/mol. The molecule has 1 unspecified atom stereocenters. The molecule has 1 aliphatic heterocycles. The highest BCUT2D eigenvalue weighted by molar-refractivity contribution is 7.99. The van der Waals surface area contributed by atoms with E-state index in [-0.39, 0.29) is 17.9 Å². The molecular weight excluding hydrogens is 335 g/mol. The van der Waals surface area contributed by atoms with Crippen LogP contribution in [0.15, 0.2) is 47.4 Å². The highest BCUT2D eigenvalue weighted by Gasteiger charge is 2.22. The maximum Gasteiger partial charge on any atom is 0.315 e. The van der Waals surface area contributed by atoms with Crippen molar-refractivity contribution in [1.82, 2.24) is 10.6 Å². The van der Waals surface area contributed by atoms with Gasteiger partial charge in [-0.1, -0.05) is 23.7 Å². The van der Waals surface area contributed by atoms with Gasteiger partial charge in [0.2, 0.25) is 0 Å². The molecule has 0 fully saturated rings. The van der Waals surface area contributed by atoms with E-state index in [1.165, 1.54) is 12.1 Å². The number of rotatable bonds is 3. The SMILES string of the molecule is O=C(NCc1ccc(Cl)cc1)NC1CCSc2ccc(F)cc21. The van der Waals surface area contributed by atoms with E-state index in [4.69, 9.17) is 11.6 Å². The van der Waals surface area contributed by atoms with Gasteiger partial charge in [-0.25, -0.2) is 9.18 Å². The molecule has 0 radical (unpaired) electrons. The maximum atomic E-state index is 13.5. The van der Waals surface area contributed by atoms with Gasteiger partial charge in [0, 0.05) is 22.2 Å². The molecule has 1 atom stereocenters. The summed E-state index contributed by atoms with van der Waals surface area (Å²) in [5, 5.41) is 6.41. The third-order valence-electron chi connectivity index (χ3n) is 3.68. The van der Waals surface area contributed by atoms with Crippen LogP contribution in [0.5, 0.6) is 0 Å². The number of thioether (sulfide) groups is 1. The minimum atomic E-state index is -0.278. The summed E-state index contributed by atoms with van der Waals surface area (Å²) >= 11 is 7.52. The third kappa shape index (κ3) is 4.18. The number of hydrogen-bond acceptors (Lipinski definition) is 2. The lowest BCUT2D eigenvalue weighted by atomic mass is 10.0. The summed E-state index contributed by atoms with van der Waals surface area (Å²) in [6.07, 6.45) is 0.787. The van der Waals surface area contributed by atoms with Crippen molar-refractivity contribution in [2.45, 2.75) is 23.9 Å². The second kappa shape index (κ2) is 7.23. The third-order valence-corrected chi connectivity index (χ3v) is 5.06. The van der Waals surface area contributed by atoms with Crippen LogP contribution in [-0.4, -0.2) is 11.8 Å². The van der Waals surface area contributed by atoms with Crippen LogP contribution in [-0.2, 0) is 6.54 Å². The van der Waals surface area contributed by atoms with Crippen molar-refractivity contribution in [2.75, 3.05) is 5.75 Å². The first-order valence-corrected chi connectivity index (χ1v) is 8.69. The second-order valence-electron chi connectivity index (χ2n) is 5.33. The Morgan fingerprint density at radius 1 is 1.26 bits per heavy atom. The van der Waals surface area contributed by atoms with Gasteiger partial charge in [-0.2, -0.15) is 0 Å². The van der Waals surface area contributed by atoms with Gasteiger partial charge in [0.05, 0.1) is 6.04 Å². The Morgan fingerprint density at radius 2 is 2.04 bits per heavy atom. The van der Waals surface area contributed by atoms with Crippen molar-refractivity contribution < 1.29 is 9.18 Å². The van der Waals surface area contributed by atoms with Crippen molar-refractivity contribution in [1.29, 1.82) is 0 Å². The zero-order valence-corrected chi connectivity index (χ0v) is 13.9. The molecule has 0 saturated carbocycles. The minimum Gasteiger partial charge on any atom is -0.334 e. The Hall–Kier alpha value is -1.72. The van der Waals surface area contributed by atoms with Crippen LogP contribution >= 0.6 is 23.4 Å². The van der Waals surface area contributed by atoms with Crippen LogP contribution in [0.1, 0.15) is 23.6 Å². The van der Waals surface area contributed by atoms with Crippen LogP contribution in [0.25, 0.3) is 0 Å².